The molecule has 10 heteroatoms. The summed E-state index contributed by atoms with van der Waals surface area (Å²) in [4.78, 5) is 40.7. The smallest absolute Gasteiger partial charge is 0.310 e. The molecule has 0 bridgehead atoms. The molecule has 0 radical (unpaired) electrons. The number of ether oxygens (including phenoxy) is 1. The lowest BCUT2D eigenvalue weighted by Gasteiger charge is -2.14. The van der Waals surface area contributed by atoms with Gasteiger partial charge in [-0.3, -0.25) is 19.5 Å². The van der Waals surface area contributed by atoms with Crippen LogP contribution in [-0.2, 0) is 22.5 Å². The normalized spacial score (nSPS) is 12.6. The molecule has 6 rings (SSSR count). The highest BCUT2D eigenvalue weighted by molar-refractivity contribution is 7.22. The number of nitrogens with zero attached hydrogens (tertiary/aromatic N) is 4. The van der Waals surface area contributed by atoms with Crippen LogP contribution in [0.3, 0.4) is 0 Å². The van der Waals surface area contributed by atoms with Gasteiger partial charge in [-0.2, -0.15) is 0 Å². The van der Waals surface area contributed by atoms with Crippen LogP contribution in [0.15, 0.2) is 67.1 Å². The minimum Gasteiger partial charge on any atom is -0.466 e. The van der Waals surface area contributed by atoms with Crippen LogP contribution in [0.2, 0.25) is 5.02 Å². The standard InChI is InChI=1S/C30H23ClN4O3S.C4H10O/c1-3-38-26(36)14-22-17(2)12-24-28(27(22)18-4-6-21(31)7-5-18)39-29(34-24)19-9-11-33-25(13-19)35-16-20-8-10-32-15-23(20)30(35)37;1-4(2,3)5/h4-13,15H,3,14,16H2,1-2H3;5H,1-3H3. The molecule has 8 nitrogen and oxygen atoms in total. The summed E-state index contributed by atoms with van der Waals surface area (Å²) in [5.41, 5.74) is 6.48. The summed E-state index contributed by atoms with van der Waals surface area (Å²) in [5, 5.41) is 9.95. The van der Waals surface area contributed by atoms with Crippen molar-refractivity contribution >= 4 is 50.8 Å². The molecular weight excluding hydrogens is 596 g/mol. The first kappa shape index (κ1) is 31.3. The van der Waals surface area contributed by atoms with Crippen molar-refractivity contribution in [1.29, 1.82) is 0 Å². The molecule has 1 N–H and O–H groups in total. The highest BCUT2D eigenvalue weighted by Gasteiger charge is 2.29. The number of esters is 1. The molecule has 2 aromatic carbocycles. The summed E-state index contributed by atoms with van der Waals surface area (Å²) in [5.74, 6) is 0.173. The molecule has 5 aromatic rings. The Morgan fingerprint density at radius 2 is 1.82 bits per heavy atom. The number of hydrogen-bond donors (Lipinski definition) is 1. The van der Waals surface area contributed by atoms with E-state index >= 15 is 0 Å². The average Bonchev–Trinajstić information content (AvgIpc) is 3.54. The van der Waals surface area contributed by atoms with Crippen LogP contribution in [0.4, 0.5) is 5.82 Å². The number of hydrogen-bond acceptors (Lipinski definition) is 8. The molecule has 1 aliphatic heterocycles. The van der Waals surface area contributed by atoms with Crippen LogP contribution in [-0.4, -0.2) is 44.1 Å². The minimum atomic E-state index is -0.500. The first-order valence-corrected chi connectivity index (χ1v) is 15.4. The molecule has 0 spiro atoms. The number of halogens is 1. The minimum absolute atomic E-state index is 0.115. The summed E-state index contributed by atoms with van der Waals surface area (Å²) in [7, 11) is 0. The van der Waals surface area contributed by atoms with E-state index < -0.39 is 5.60 Å². The van der Waals surface area contributed by atoms with Gasteiger partial charge in [-0.1, -0.05) is 23.7 Å². The highest BCUT2D eigenvalue weighted by Crippen LogP contribution is 2.41. The van der Waals surface area contributed by atoms with E-state index in [1.807, 2.05) is 55.5 Å². The van der Waals surface area contributed by atoms with Crippen molar-refractivity contribution in [2.45, 2.75) is 53.2 Å². The van der Waals surface area contributed by atoms with E-state index in [2.05, 4.69) is 9.97 Å². The Morgan fingerprint density at radius 3 is 2.50 bits per heavy atom. The van der Waals surface area contributed by atoms with Crippen molar-refractivity contribution in [2.24, 2.45) is 0 Å². The van der Waals surface area contributed by atoms with Gasteiger partial charge < -0.3 is 9.84 Å². The number of aryl methyl sites for hydroxylation is 1. The molecule has 0 atom stereocenters. The zero-order chi connectivity index (χ0) is 31.6. The number of anilines is 1. The maximum atomic E-state index is 13.0. The number of rotatable bonds is 6. The fourth-order valence-electron chi connectivity index (χ4n) is 4.89. The van der Waals surface area contributed by atoms with E-state index in [0.29, 0.717) is 29.6 Å². The highest BCUT2D eigenvalue weighted by atomic mass is 35.5. The molecule has 0 saturated carbocycles. The number of aliphatic hydroxyl groups is 1. The van der Waals surface area contributed by atoms with E-state index in [4.69, 9.17) is 26.4 Å². The van der Waals surface area contributed by atoms with Gasteiger partial charge in [0.1, 0.15) is 10.8 Å². The van der Waals surface area contributed by atoms with Gasteiger partial charge in [0.25, 0.3) is 5.91 Å². The number of thiazole rings is 1. The van der Waals surface area contributed by atoms with Crippen molar-refractivity contribution in [2.75, 3.05) is 11.5 Å². The molecule has 0 aliphatic carbocycles. The van der Waals surface area contributed by atoms with Crippen LogP contribution in [0.25, 0.3) is 31.9 Å². The van der Waals surface area contributed by atoms with Gasteiger partial charge in [0, 0.05) is 34.7 Å². The van der Waals surface area contributed by atoms with Crippen molar-refractivity contribution < 1.29 is 19.4 Å². The molecule has 0 fully saturated rings. The SMILES string of the molecule is CC(C)(C)O.CCOC(=O)Cc1c(C)cc2nc(-c3ccnc(N4Cc5ccncc5C4=O)c3)sc2c1-c1ccc(Cl)cc1. The Balaban J connectivity index is 0.000000712. The fraction of sp³-hybridized carbons (Fsp3) is 0.265. The Kier molecular flexibility index (Phi) is 9.10. The lowest BCUT2D eigenvalue weighted by molar-refractivity contribution is -0.142. The van der Waals surface area contributed by atoms with Gasteiger partial charge in [0.15, 0.2) is 0 Å². The lowest BCUT2D eigenvalue weighted by Crippen LogP contribution is -2.24. The molecule has 0 saturated heterocycles. The zero-order valence-corrected chi connectivity index (χ0v) is 26.8. The molecule has 226 valence electrons. The molecular formula is C34H33ClN4O4S. The third kappa shape index (κ3) is 6.96. The van der Waals surface area contributed by atoms with Gasteiger partial charge >= 0.3 is 5.97 Å². The predicted molar refractivity (Wildman–Crippen MR) is 175 cm³/mol. The molecule has 1 aliphatic rings. The number of carbonyl (C=O) groups excluding carboxylic acids is 2. The van der Waals surface area contributed by atoms with Crippen LogP contribution >= 0.6 is 22.9 Å². The monoisotopic (exact) mass is 628 g/mol. The largest absolute Gasteiger partial charge is 0.466 e. The number of fused-ring (bicyclic) bond motifs is 2. The number of amides is 1. The van der Waals surface area contributed by atoms with Crippen LogP contribution in [0, 0.1) is 6.92 Å². The molecule has 3 aromatic heterocycles. The number of carbonyl (C=O) groups is 2. The van der Waals surface area contributed by atoms with Crippen LogP contribution in [0.5, 0.6) is 0 Å². The van der Waals surface area contributed by atoms with Crippen molar-refractivity contribution in [3.05, 3.63) is 94.4 Å². The summed E-state index contributed by atoms with van der Waals surface area (Å²) in [6.45, 7) is 9.80. The molecule has 44 heavy (non-hydrogen) atoms. The number of pyridine rings is 2. The van der Waals surface area contributed by atoms with Gasteiger partial charge in [0.2, 0.25) is 0 Å². The summed E-state index contributed by atoms with van der Waals surface area (Å²) in [6, 6.07) is 15.3. The van der Waals surface area contributed by atoms with Crippen molar-refractivity contribution in [1.82, 2.24) is 15.0 Å². The zero-order valence-electron chi connectivity index (χ0n) is 25.2. The van der Waals surface area contributed by atoms with Crippen molar-refractivity contribution in [3.8, 4) is 21.7 Å². The van der Waals surface area contributed by atoms with E-state index in [1.165, 1.54) is 0 Å². The maximum absolute atomic E-state index is 13.0. The van der Waals surface area contributed by atoms with Crippen LogP contribution < -0.4 is 4.90 Å². The lowest BCUT2D eigenvalue weighted by atomic mass is 9.93. The summed E-state index contributed by atoms with van der Waals surface area (Å²) < 4.78 is 6.24. The molecule has 4 heterocycles. The Bertz CT molecular complexity index is 1840. The Morgan fingerprint density at radius 1 is 1.09 bits per heavy atom. The molecule has 0 unspecified atom stereocenters. The second kappa shape index (κ2) is 12.8. The van der Waals surface area contributed by atoms with E-state index in [9.17, 15) is 9.59 Å². The number of aromatic nitrogens is 3. The Labute approximate surface area is 265 Å². The number of benzene rings is 2. The average molecular weight is 629 g/mol. The van der Waals surface area contributed by atoms with E-state index in [1.54, 1.807) is 62.5 Å². The maximum Gasteiger partial charge on any atom is 0.310 e. The molecule has 1 amide bonds. The third-order valence-corrected chi connectivity index (χ3v) is 8.14. The van der Waals surface area contributed by atoms with Gasteiger partial charge in [0.05, 0.1) is 41.0 Å². The second-order valence-electron chi connectivity index (χ2n) is 11.4. The first-order chi connectivity index (χ1) is 20.9. The third-order valence-electron chi connectivity index (χ3n) is 6.76. The summed E-state index contributed by atoms with van der Waals surface area (Å²) >= 11 is 7.73. The Hall–Kier alpha value is -4.18. The van der Waals surface area contributed by atoms with Crippen LogP contribution in [0.1, 0.15) is 54.7 Å². The predicted octanol–water partition coefficient (Wildman–Crippen LogP) is 7.43. The fourth-order valence-corrected chi connectivity index (χ4v) is 6.15. The topological polar surface area (TPSA) is 106 Å². The van der Waals surface area contributed by atoms with Gasteiger partial charge in [-0.05, 0) is 93.3 Å². The van der Waals surface area contributed by atoms with E-state index in [-0.39, 0.29) is 18.3 Å². The van der Waals surface area contributed by atoms with Gasteiger partial charge in [-0.25, -0.2) is 9.97 Å². The van der Waals surface area contributed by atoms with Crippen molar-refractivity contribution in [3.63, 3.8) is 0 Å². The quantitative estimate of drug-likeness (QED) is 0.195. The summed E-state index contributed by atoms with van der Waals surface area (Å²) in [6.07, 6.45) is 5.15. The van der Waals surface area contributed by atoms with E-state index in [0.717, 1.165) is 48.6 Å². The van der Waals surface area contributed by atoms with Gasteiger partial charge in [-0.15, -0.1) is 11.3 Å². The second-order valence-corrected chi connectivity index (χ2v) is 12.8. The first-order valence-electron chi connectivity index (χ1n) is 14.2.